The Balaban J connectivity index is 1.69. The second-order valence-electron chi connectivity index (χ2n) is 6.55. The molecule has 7 heteroatoms. The highest BCUT2D eigenvalue weighted by molar-refractivity contribution is 6.02. The molecule has 29 heavy (non-hydrogen) atoms. The molecule has 0 fully saturated rings. The molecule has 1 aliphatic heterocycles. The average Bonchev–Trinajstić information content (AvgIpc) is 3.21. The summed E-state index contributed by atoms with van der Waals surface area (Å²) >= 11 is 0. The number of hydrogen-bond acceptors (Lipinski definition) is 5. The molecule has 152 valence electrons. The summed E-state index contributed by atoms with van der Waals surface area (Å²) in [6.07, 6.45) is 1.84. The lowest BCUT2D eigenvalue weighted by Crippen LogP contribution is -2.37. The van der Waals surface area contributed by atoms with Crippen molar-refractivity contribution in [3.05, 3.63) is 72.1 Å². The van der Waals surface area contributed by atoms with E-state index in [4.69, 9.17) is 14.3 Å². The van der Waals surface area contributed by atoms with Gasteiger partial charge in [-0.3, -0.25) is 4.79 Å². The summed E-state index contributed by atoms with van der Waals surface area (Å²) in [5.41, 5.74) is 1.90. The van der Waals surface area contributed by atoms with Gasteiger partial charge >= 0.3 is 0 Å². The molecule has 0 spiro atoms. The SMILES string of the molecule is C=CCN(CC1CC(c2ccc(OC)c(OC)c2)=NO1)C(=O)c1cccc(F)c1. The minimum absolute atomic E-state index is 0.283. The Morgan fingerprint density at radius 3 is 2.76 bits per heavy atom. The maximum Gasteiger partial charge on any atom is 0.254 e. The molecular weight excluding hydrogens is 375 g/mol. The first-order valence-electron chi connectivity index (χ1n) is 9.16. The number of nitrogens with zero attached hydrogens (tertiary/aromatic N) is 2. The van der Waals surface area contributed by atoms with Gasteiger partial charge in [0, 0.05) is 24.1 Å². The van der Waals surface area contributed by atoms with E-state index in [-0.39, 0.29) is 17.6 Å². The number of benzene rings is 2. The van der Waals surface area contributed by atoms with E-state index in [1.807, 2.05) is 18.2 Å². The number of halogens is 1. The number of ether oxygens (including phenoxy) is 2. The Bertz CT molecular complexity index is 929. The van der Waals surface area contributed by atoms with Crippen LogP contribution in [0.4, 0.5) is 4.39 Å². The van der Waals surface area contributed by atoms with Crippen LogP contribution in [0.1, 0.15) is 22.3 Å². The molecule has 1 unspecified atom stereocenters. The largest absolute Gasteiger partial charge is 0.493 e. The Kier molecular flexibility index (Phi) is 6.49. The standard InChI is InChI=1S/C22H23FN2O4/c1-4-10-25(22(26)16-6-5-7-17(23)11-16)14-18-13-19(24-29-18)15-8-9-20(27-2)21(12-15)28-3/h4-9,11-12,18H,1,10,13-14H2,2-3H3. The van der Waals surface area contributed by atoms with Crippen molar-refractivity contribution >= 4 is 11.6 Å². The summed E-state index contributed by atoms with van der Waals surface area (Å²) in [6.45, 7) is 4.33. The molecule has 0 saturated carbocycles. The Hall–Kier alpha value is -3.35. The summed E-state index contributed by atoms with van der Waals surface area (Å²) < 4.78 is 24.1. The highest BCUT2D eigenvalue weighted by atomic mass is 19.1. The van der Waals surface area contributed by atoms with Crippen LogP contribution in [-0.4, -0.2) is 49.9 Å². The predicted octanol–water partition coefficient (Wildman–Crippen LogP) is 3.66. The van der Waals surface area contributed by atoms with E-state index in [9.17, 15) is 9.18 Å². The number of oxime groups is 1. The van der Waals surface area contributed by atoms with Gasteiger partial charge in [-0.2, -0.15) is 0 Å². The predicted molar refractivity (Wildman–Crippen MR) is 108 cm³/mol. The minimum Gasteiger partial charge on any atom is -0.493 e. The molecule has 2 aromatic carbocycles. The van der Waals surface area contributed by atoms with Gasteiger partial charge in [-0.1, -0.05) is 17.3 Å². The molecule has 3 rings (SSSR count). The number of rotatable bonds is 8. The van der Waals surface area contributed by atoms with Gasteiger partial charge in [0.15, 0.2) is 17.6 Å². The Morgan fingerprint density at radius 1 is 1.28 bits per heavy atom. The summed E-state index contributed by atoms with van der Waals surface area (Å²) in [7, 11) is 3.15. The number of carbonyl (C=O) groups is 1. The monoisotopic (exact) mass is 398 g/mol. The van der Waals surface area contributed by atoms with Crippen LogP contribution in [0, 0.1) is 5.82 Å². The van der Waals surface area contributed by atoms with Crippen molar-refractivity contribution in [2.24, 2.45) is 5.16 Å². The number of amides is 1. The van der Waals surface area contributed by atoms with Crippen molar-refractivity contribution < 1.29 is 23.5 Å². The van der Waals surface area contributed by atoms with Gasteiger partial charge in [0.2, 0.25) is 0 Å². The van der Waals surface area contributed by atoms with Crippen molar-refractivity contribution in [2.75, 3.05) is 27.3 Å². The van der Waals surface area contributed by atoms with Crippen molar-refractivity contribution in [3.63, 3.8) is 0 Å². The number of carbonyl (C=O) groups excluding carboxylic acids is 1. The summed E-state index contributed by atoms with van der Waals surface area (Å²) in [5, 5.41) is 4.17. The van der Waals surface area contributed by atoms with Crippen molar-refractivity contribution in [3.8, 4) is 11.5 Å². The molecule has 1 amide bonds. The number of methoxy groups -OCH3 is 2. The normalized spacial score (nSPS) is 15.3. The van der Waals surface area contributed by atoms with Crippen LogP contribution in [0.25, 0.3) is 0 Å². The Labute approximate surface area is 169 Å². The lowest BCUT2D eigenvalue weighted by atomic mass is 10.0. The van der Waals surface area contributed by atoms with Gasteiger partial charge in [-0.15, -0.1) is 6.58 Å². The zero-order valence-corrected chi connectivity index (χ0v) is 16.4. The molecule has 1 atom stereocenters. The van der Waals surface area contributed by atoms with Gasteiger partial charge < -0.3 is 19.2 Å². The molecule has 0 aliphatic carbocycles. The van der Waals surface area contributed by atoms with Crippen LogP contribution in [-0.2, 0) is 4.84 Å². The fourth-order valence-electron chi connectivity index (χ4n) is 3.16. The first-order valence-corrected chi connectivity index (χ1v) is 9.16. The second-order valence-corrected chi connectivity index (χ2v) is 6.55. The smallest absolute Gasteiger partial charge is 0.254 e. The lowest BCUT2D eigenvalue weighted by Gasteiger charge is -2.23. The molecule has 2 aromatic rings. The molecule has 0 radical (unpaired) electrons. The molecule has 0 bridgehead atoms. The van der Waals surface area contributed by atoms with Gasteiger partial charge in [0.1, 0.15) is 5.82 Å². The number of hydrogen-bond donors (Lipinski definition) is 0. The van der Waals surface area contributed by atoms with Crippen LogP contribution >= 0.6 is 0 Å². The van der Waals surface area contributed by atoms with Crippen molar-refractivity contribution in [1.82, 2.24) is 4.90 Å². The fourth-order valence-corrected chi connectivity index (χ4v) is 3.16. The maximum absolute atomic E-state index is 13.5. The zero-order chi connectivity index (χ0) is 20.8. The van der Waals surface area contributed by atoms with Crippen molar-refractivity contribution in [2.45, 2.75) is 12.5 Å². The van der Waals surface area contributed by atoms with Gasteiger partial charge in [-0.05, 0) is 36.4 Å². The highest BCUT2D eigenvalue weighted by Crippen LogP contribution is 2.29. The van der Waals surface area contributed by atoms with E-state index in [0.29, 0.717) is 31.0 Å². The van der Waals surface area contributed by atoms with Crippen LogP contribution in [0.15, 0.2) is 60.3 Å². The van der Waals surface area contributed by atoms with Crippen LogP contribution < -0.4 is 9.47 Å². The van der Waals surface area contributed by atoms with Crippen LogP contribution in [0.2, 0.25) is 0 Å². The molecule has 0 saturated heterocycles. The van der Waals surface area contributed by atoms with Crippen LogP contribution in [0.5, 0.6) is 11.5 Å². The third-order valence-corrected chi connectivity index (χ3v) is 4.58. The summed E-state index contributed by atoms with van der Waals surface area (Å²) in [6, 6.07) is 11.1. The van der Waals surface area contributed by atoms with Crippen LogP contribution in [0.3, 0.4) is 0 Å². The first-order chi connectivity index (χ1) is 14.0. The van der Waals surface area contributed by atoms with E-state index in [2.05, 4.69) is 11.7 Å². The van der Waals surface area contributed by atoms with Gasteiger partial charge in [0.05, 0.1) is 26.5 Å². The second kappa shape index (κ2) is 9.23. The average molecular weight is 398 g/mol. The topological polar surface area (TPSA) is 60.4 Å². The first kappa shape index (κ1) is 20.4. The molecule has 1 heterocycles. The van der Waals surface area contributed by atoms with E-state index in [1.165, 1.54) is 18.2 Å². The van der Waals surface area contributed by atoms with Crippen molar-refractivity contribution in [1.29, 1.82) is 0 Å². The molecule has 1 aliphatic rings. The fraction of sp³-hybridized carbons (Fsp3) is 0.273. The minimum atomic E-state index is -0.453. The Morgan fingerprint density at radius 2 is 2.07 bits per heavy atom. The molecule has 0 aromatic heterocycles. The maximum atomic E-state index is 13.5. The third-order valence-electron chi connectivity index (χ3n) is 4.58. The van der Waals surface area contributed by atoms with E-state index in [0.717, 1.165) is 11.3 Å². The lowest BCUT2D eigenvalue weighted by molar-refractivity contribution is 0.0449. The zero-order valence-electron chi connectivity index (χ0n) is 16.4. The van der Waals surface area contributed by atoms with Gasteiger partial charge in [0.25, 0.3) is 5.91 Å². The van der Waals surface area contributed by atoms with Gasteiger partial charge in [-0.25, -0.2) is 4.39 Å². The third kappa shape index (κ3) is 4.74. The van der Waals surface area contributed by atoms with E-state index in [1.54, 1.807) is 31.3 Å². The molecule has 0 N–H and O–H groups in total. The van der Waals surface area contributed by atoms with E-state index >= 15 is 0 Å². The van der Waals surface area contributed by atoms with E-state index < -0.39 is 5.82 Å². The molecule has 6 nitrogen and oxygen atoms in total. The highest BCUT2D eigenvalue weighted by Gasteiger charge is 2.27. The quantitative estimate of drug-likeness (QED) is 0.637. The summed E-state index contributed by atoms with van der Waals surface area (Å²) in [5.74, 6) is 0.494. The molecular formula is C22H23FN2O4. The summed E-state index contributed by atoms with van der Waals surface area (Å²) in [4.78, 5) is 19.9.